The molecular formula is C15H19N5O. The molecule has 0 spiro atoms. The number of nitrogens with zero attached hydrogens (tertiary/aromatic N) is 4. The number of rotatable bonds is 6. The Morgan fingerprint density at radius 1 is 1.29 bits per heavy atom. The Kier molecular flexibility index (Phi) is 3.96. The van der Waals surface area contributed by atoms with Gasteiger partial charge in [0.1, 0.15) is 11.6 Å². The molecule has 1 saturated carbocycles. The summed E-state index contributed by atoms with van der Waals surface area (Å²) in [5, 5.41) is 12.3. The molecule has 0 saturated heterocycles. The van der Waals surface area contributed by atoms with Gasteiger partial charge < -0.3 is 15.3 Å². The van der Waals surface area contributed by atoms with Crippen LogP contribution in [0.4, 0.5) is 17.6 Å². The minimum Gasteiger partial charge on any atom is -0.395 e. The lowest BCUT2D eigenvalue weighted by molar-refractivity contribution is 0.303. The van der Waals surface area contributed by atoms with Gasteiger partial charge in [-0.05, 0) is 25.0 Å². The van der Waals surface area contributed by atoms with Crippen molar-refractivity contribution in [2.45, 2.75) is 18.8 Å². The van der Waals surface area contributed by atoms with Crippen LogP contribution < -0.4 is 10.2 Å². The molecule has 0 aromatic carbocycles. The molecule has 1 fully saturated rings. The number of aliphatic hydroxyl groups is 1. The highest BCUT2D eigenvalue weighted by molar-refractivity contribution is 5.54. The Balaban J connectivity index is 1.88. The number of nitrogens with one attached hydrogen (secondary N) is 1. The van der Waals surface area contributed by atoms with Crippen LogP contribution in [0.1, 0.15) is 24.5 Å². The minimum absolute atomic E-state index is 0.0799. The van der Waals surface area contributed by atoms with Gasteiger partial charge in [0.05, 0.1) is 12.3 Å². The molecule has 2 heterocycles. The Bertz CT molecular complexity index is 600. The average Bonchev–Trinajstić information content (AvgIpc) is 3.33. The van der Waals surface area contributed by atoms with Crippen molar-refractivity contribution in [2.24, 2.45) is 0 Å². The topological polar surface area (TPSA) is 74.2 Å². The lowest BCUT2D eigenvalue weighted by Gasteiger charge is -2.17. The molecule has 2 N–H and O–H groups in total. The molecule has 21 heavy (non-hydrogen) atoms. The predicted octanol–water partition coefficient (Wildman–Crippen LogP) is 1.92. The van der Waals surface area contributed by atoms with Crippen LogP contribution in [-0.4, -0.2) is 40.3 Å². The third-order valence-electron chi connectivity index (χ3n) is 3.43. The second kappa shape index (κ2) is 6.05. The van der Waals surface area contributed by atoms with E-state index >= 15 is 0 Å². The van der Waals surface area contributed by atoms with E-state index in [-0.39, 0.29) is 6.61 Å². The second-order valence-corrected chi connectivity index (χ2v) is 5.24. The molecular weight excluding hydrogens is 266 g/mol. The van der Waals surface area contributed by atoms with Gasteiger partial charge in [0.2, 0.25) is 5.95 Å². The van der Waals surface area contributed by atoms with Crippen molar-refractivity contribution in [3.63, 3.8) is 0 Å². The fourth-order valence-electron chi connectivity index (χ4n) is 2.09. The molecule has 0 radical (unpaired) electrons. The Morgan fingerprint density at radius 2 is 2.14 bits per heavy atom. The third-order valence-corrected chi connectivity index (χ3v) is 3.43. The van der Waals surface area contributed by atoms with Crippen LogP contribution in [0.15, 0.2) is 30.5 Å². The maximum Gasteiger partial charge on any atom is 0.227 e. The van der Waals surface area contributed by atoms with Gasteiger partial charge in [0, 0.05) is 31.8 Å². The van der Waals surface area contributed by atoms with Crippen LogP contribution in [0.25, 0.3) is 0 Å². The summed E-state index contributed by atoms with van der Waals surface area (Å²) in [4.78, 5) is 15.2. The molecule has 3 rings (SSSR count). The number of likely N-dealkylation sites (N-methyl/N-ethyl adjacent to an activating group) is 1. The number of aromatic nitrogens is 3. The fourth-order valence-corrected chi connectivity index (χ4v) is 2.09. The van der Waals surface area contributed by atoms with Crippen molar-refractivity contribution in [2.75, 3.05) is 30.4 Å². The standard InChI is InChI=1S/C15H19N5O/c1-20(8-9-21)15-17-12(11-5-6-11)10-14(19-15)18-13-4-2-3-7-16-13/h2-4,7,10-11,21H,5-6,8-9H2,1H3,(H,16,17,18,19). The summed E-state index contributed by atoms with van der Waals surface area (Å²) in [7, 11) is 1.88. The molecule has 6 heteroatoms. The van der Waals surface area contributed by atoms with Crippen LogP contribution in [0, 0.1) is 0 Å². The molecule has 110 valence electrons. The van der Waals surface area contributed by atoms with Crippen molar-refractivity contribution in [3.8, 4) is 0 Å². The number of aliphatic hydroxyl groups excluding tert-OH is 1. The Morgan fingerprint density at radius 3 is 2.81 bits per heavy atom. The van der Waals surface area contributed by atoms with Gasteiger partial charge in [-0.25, -0.2) is 9.97 Å². The zero-order valence-electron chi connectivity index (χ0n) is 12.0. The van der Waals surface area contributed by atoms with E-state index in [1.165, 1.54) is 12.8 Å². The summed E-state index contributed by atoms with van der Waals surface area (Å²) in [6.45, 7) is 0.591. The normalized spacial score (nSPS) is 14.0. The summed E-state index contributed by atoms with van der Waals surface area (Å²) < 4.78 is 0. The summed E-state index contributed by atoms with van der Waals surface area (Å²) in [6.07, 6.45) is 4.11. The number of anilines is 3. The molecule has 0 unspecified atom stereocenters. The average molecular weight is 285 g/mol. The van der Waals surface area contributed by atoms with E-state index in [1.54, 1.807) is 6.20 Å². The van der Waals surface area contributed by atoms with Crippen molar-refractivity contribution >= 4 is 17.6 Å². The smallest absolute Gasteiger partial charge is 0.227 e. The highest BCUT2D eigenvalue weighted by atomic mass is 16.3. The van der Waals surface area contributed by atoms with Crippen molar-refractivity contribution in [3.05, 3.63) is 36.2 Å². The van der Waals surface area contributed by atoms with Crippen LogP contribution >= 0.6 is 0 Å². The Labute approximate surface area is 123 Å². The number of hydrogen-bond donors (Lipinski definition) is 2. The van der Waals surface area contributed by atoms with E-state index < -0.39 is 0 Å². The monoisotopic (exact) mass is 285 g/mol. The van der Waals surface area contributed by atoms with Crippen molar-refractivity contribution in [1.29, 1.82) is 0 Å². The molecule has 1 aliphatic carbocycles. The molecule has 1 aliphatic rings. The van der Waals surface area contributed by atoms with E-state index in [0.29, 0.717) is 18.4 Å². The van der Waals surface area contributed by atoms with Gasteiger partial charge >= 0.3 is 0 Å². The molecule has 0 amide bonds. The lowest BCUT2D eigenvalue weighted by Crippen LogP contribution is -2.24. The Hall–Kier alpha value is -2.21. The summed E-state index contributed by atoms with van der Waals surface area (Å²) in [5.74, 6) is 2.67. The quantitative estimate of drug-likeness (QED) is 0.844. The first-order chi connectivity index (χ1) is 10.3. The molecule has 0 bridgehead atoms. The van der Waals surface area contributed by atoms with E-state index in [2.05, 4.69) is 20.3 Å². The SMILES string of the molecule is CN(CCO)c1nc(Nc2ccccn2)cc(C2CC2)n1. The molecule has 0 aliphatic heterocycles. The minimum atomic E-state index is 0.0799. The first kappa shape index (κ1) is 13.8. The van der Waals surface area contributed by atoms with Gasteiger partial charge in [0.15, 0.2) is 0 Å². The van der Waals surface area contributed by atoms with E-state index in [9.17, 15) is 0 Å². The van der Waals surface area contributed by atoms with Crippen LogP contribution in [-0.2, 0) is 0 Å². The van der Waals surface area contributed by atoms with Crippen LogP contribution in [0.3, 0.4) is 0 Å². The number of pyridine rings is 1. The molecule has 2 aromatic heterocycles. The van der Waals surface area contributed by atoms with Gasteiger partial charge in [-0.1, -0.05) is 6.07 Å². The fraction of sp³-hybridized carbons (Fsp3) is 0.400. The summed E-state index contributed by atoms with van der Waals surface area (Å²) in [6, 6.07) is 7.69. The van der Waals surface area contributed by atoms with Crippen molar-refractivity contribution in [1.82, 2.24) is 15.0 Å². The van der Waals surface area contributed by atoms with Crippen LogP contribution in [0.5, 0.6) is 0 Å². The molecule has 6 nitrogen and oxygen atoms in total. The van der Waals surface area contributed by atoms with E-state index in [4.69, 9.17) is 5.11 Å². The third kappa shape index (κ3) is 3.46. The van der Waals surface area contributed by atoms with Gasteiger partial charge in [-0.3, -0.25) is 0 Å². The van der Waals surface area contributed by atoms with Gasteiger partial charge in [0.25, 0.3) is 0 Å². The maximum absolute atomic E-state index is 9.07. The predicted molar refractivity (Wildman–Crippen MR) is 81.9 cm³/mol. The first-order valence-corrected chi connectivity index (χ1v) is 7.15. The zero-order chi connectivity index (χ0) is 14.7. The molecule has 2 aromatic rings. The highest BCUT2D eigenvalue weighted by Crippen LogP contribution is 2.40. The largest absolute Gasteiger partial charge is 0.395 e. The summed E-state index contributed by atoms with van der Waals surface area (Å²) >= 11 is 0. The van der Waals surface area contributed by atoms with Crippen LogP contribution in [0.2, 0.25) is 0 Å². The zero-order valence-corrected chi connectivity index (χ0v) is 12.0. The van der Waals surface area contributed by atoms with E-state index in [0.717, 1.165) is 17.3 Å². The lowest BCUT2D eigenvalue weighted by atomic mass is 10.3. The van der Waals surface area contributed by atoms with Crippen molar-refractivity contribution < 1.29 is 5.11 Å². The van der Waals surface area contributed by atoms with E-state index in [1.807, 2.05) is 36.2 Å². The summed E-state index contributed by atoms with van der Waals surface area (Å²) in [5.41, 5.74) is 1.06. The van der Waals surface area contributed by atoms with Gasteiger partial charge in [-0.2, -0.15) is 4.98 Å². The number of hydrogen-bond acceptors (Lipinski definition) is 6. The first-order valence-electron chi connectivity index (χ1n) is 7.15. The second-order valence-electron chi connectivity index (χ2n) is 5.24. The maximum atomic E-state index is 9.07. The highest BCUT2D eigenvalue weighted by Gasteiger charge is 2.26. The molecule has 0 atom stereocenters. The van der Waals surface area contributed by atoms with Gasteiger partial charge in [-0.15, -0.1) is 0 Å².